The zero-order chi connectivity index (χ0) is 29.6. The van der Waals surface area contributed by atoms with Crippen molar-refractivity contribution < 1.29 is 40.4 Å². The molecule has 12 nitrogen and oxygen atoms in total. The molecule has 4 aliphatic rings. The third-order valence-electron chi connectivity index (χ3n) is 5.12. The van der Waals surface area contributed by atoms with E-state index in [0.29, 0.717) is 0 Å². The van der Waals surface area contributed by atoms with Gasteiger partial charge >= 0.3 is 21.1 Å². The topological polar surface area (TPSA) is 98.0 Å². The van der Waals surface area contributed by atoms with Crippen molar-refractivity contribution in [2.75, 3.05) is 105 Å². The van der Waals surface area contributed by atoms with E-state index in [1.165, 1.54) is 0 Å². The molecule has 4 aliphatic heterocycles. The molecule has 0 amide bonds. The monoisotopic (exact) mass is 806 g/mol. The van der Waals surface area contributed by atoms with Gasteiger partial charge < -0.3 is 140 Å². The standard InChI is InChI=1S/4C5H10N2OS2.Mo/c4*9-5(10)8-7-3-1-6-2-4-7;/h4*6H,1-4H2,(H,9,10);/q;;;;+4/p-4. The molecule has 0 aliphatic carbocycles. The van der Waals surface area contributed by atoms with Gasteiger partial charge in [0.15, 0.2) is 0 Å². The minimum Gasteiger partial charge on any atom is -0.426 e. The number of hydrogen-bond acceptors (Lipinski definition) is 20. The van der Waals surface area contributed by atoms with Crippen LogP contribution in [0.25, 0.3) is 0 Å². The summed E-state index contributed by atoms with van der Waals surface area (Å²) < 4.78 is 0.729. The van der Waals surface area contributed by atoms with E-state index in [0.717, 1.165) is 105 Å². The van der Waals surface area contributed by atoms with Gasteiger partial charge in [-0.15, -0.1) is 20.3 Å². The van der Waals surface area contributed by atoms with E-state index in [1.807, 2.05) is 0 Å². The van der Waals surface area contributed by atoms with Crippen LogP contribution in [0.3, 0.4) is 0 Å². The summed E-state index contributed by atoms with van der Waals surface area (Å²) in [7, 11) is 0. The van der Waals surface area contributed by atoms with Crippen LogP contribution in [0.15, 0.2) is 0 Å². The van der Waals surface area contributed by atoms with Gasteiger partial charge in [-0.05, 0) is 0 Å². The number of hydroxylamine groups is 8. The molecule has 0 radical (unpaired) electrons. The van der Waals surface area contributed by atoms with E-state index in [-0.39, 0.29) is 38.6 Å². The average Bonchev–Trinajstić information content (AvgIpc) is 2.91. The van der Waals surface area contributed by atoms with Gasteiger partial charge in [-0.25, -0.2) is 0 Å². The third-order valence-corrected chi connectivity index (χ3v) is 5.71. The fourth-order valence-electron chi connectivity index (χ4n) is 3.36. The minimum absolute atomic E-state index is 0. The van der Waals surface area contributed by atoms with Crippen LogP contribution in [0.1, 0.15) is 0 Å². The van der Waals surface area contributed by atoms with Gasteiger partial charge in [0.25, 0.3) is 0 Å². The molecule has 4 heterocycles. The molecule has 234 valence electrons. The van der Waals surface area contributed by atoms with E-state index in [1.54, 1.807) is 20.3 Å². The first-order valence-electron chi connectivity index (χ1n) is 12.5. The van der Waals surface area contributed by atoms with Gasteiger partial charge in [0.05, 0.1) is 17.5 Å². The quantitative estimate of drug-likeness (QED) is 0.153. The van der Waals surface area contributed by atoms with Crippen molar-refractivity contribution in [3.8, 4) is 0 Å². The molecule has 0 unspecified atom stereocenters. The van der Waals surface area contributed by atoms with Gasteiger partial charge in [-0.1, -0.05) is 0 Å². The van der Waals surface area contributed by atoms with Crippen LogP contribution in [0.4, 0.5) is 0 Å². The molecule has 41 heavy (non-hydrogen) atoms. The number of nitrogens with zero attached hydrogens (tertiary/aromatic N) is 4. The summed E-state index contributed by atoms with van der Waals surface area (Å²) >= 11 is 36.9. The van der Waals surface area contributed by atoms with Crippen molar-refractivity contribution in [3.05, 3.63) is 0 Å². The van der Waals surface area contributed by atoms with E-state index >= 15 is 0 Å². The Hall–Kier alpha value is 0.808. The van der Waals surface area contributed by atoms with Gasteiger partial charge in [0.2, 0.25) is 0 Å². The van der Waals surface area contributed by atoms with Crippen LogP contribution in [0.5, 0.6) is 0 Å². The molecule has 4 N–H and O–H groups in total. The summed E-state index contributed by atoms with van der Waals surface area (Å²) in [6.07, 6.45) is 0. The summed E-state index contributed by atoms with van der Waals surface area (Å²) in [6, 6.07) is 0. The Bertz CT molecular complexity index is 626. The number of piperazine rings is 4. The Morgan fingerprint density at radius 3 is 0.659 bits per heavy atom. The fourth-order valence-corrected chi connectivity index (χ4v) is 4.21. The summed E-state index contributed by atoms with van der Waals surface area (Å²) in [5.41, 5.74) is 0. The van der Waals surface area contributed by atoms with E-state index < -0.39 is 0 Å². The first kappa shape index (κ1) is 41.8. The predicted molar refractivity (Wildman–Crippen MR) is 182 cm³/mol. The normalized spacial score (nSPS) is 19.9. The molecule has 0 bridgehead atoms. The molecule has 0 aromatic carbocycles. The van der Waals surface area contributed by atoms with E-state index in [4.69, 9.17) is 19.4 Å². The van der Waals surface area contributed by atoms with Crippen LogP contribution >= 0.6 is 48.9 Å². The number of thiocarbonyl (C=S) groups is 4. The largest absolute Gasteiger partial charge is 4.00 e. The summed E-state index contributed by atoms with van der Waals surface area (Å²) in [4.78, 5) is 20.1. The molecule has 0 aromatic heterocycles. The third kappa shape index (κ3) is 25.8. The zero-order valence-electron chi connectivity index (χ0n) is 22.4. The van der Waals surface area contributed by atoms with Crippen molar-refractivity contribution in [1.82, 2.24) is 41.5 Å². The number of nitrogens with one attached hydrogen (secondary N) is 4. The van der Waals surface area contributed by atoms with Crippen LogP contribution in [0, 0.1) is 0 Å². The van der Waals surface area contributed by atoms with Crippen molar-refractivity contribution in [1.29, 1.82) is 0 Å². The molecular weight excluding hydrogens is 769 g/mol. The van der Waals surface area contributed by atoms with Crippen LogP contribution < -0.4 is 21.3 Å². The Morgan fingerprint density at radius 2 is 0.537 bits per heavy atom. The summed E-state index contributed by atoms with van der Waals surface area (Å²) in [5, 5.41) is 19.9. The number of hydrogen-bond donors (Lipinski definition) is 4. The zero-order valence-corrected chi connectivity index (χ0v) is 30.9. The smallest absolute Gasteiger partial charge is 0.426 e. The van der Waals surface area contributed by atoms with Crippen LogP contribution in [-0.4, -0.2) is 142 Å². The van der Waals surface area contributed by atoms with Crippen molar-refractivity contribution >= 4 is 117 Å². The van der Waals surface area contributed by atoms with Gasteiger partial charge in [0, 0.05) is 105 Å². The van der Waals surface area contributed by atoms with Gasteiger partial charge in [-0.2, -0.15) is 0 Å². The summed E-state index contributed by atoms with van der Waals surface area (Å²) in [5.74, 6) is 0. The Kier molecular flexibility index (Phi) is 27.7. The fraction of sp³-hybridized carbons (Fsp3) is 0.800. The van der Waals surface area contributed by atoms with Crippen molar-refractivity contribution in [2.45, 2.75) is 0 Å². The average molecular weight is 805 g/mol. The second-order valence-corrected chi connectivity index (χ2v) is 12.1. The molecule has 0 spiro atoms. The minimum atomic E-state index is 0. The van der Waals surface area contributed by atoms with Gasteiger partial charge in [-0.3, -0.25) is 0 Å². The molecule has 4 fully saturated rings. The second-order valence-electron chi connectivity index (χ2n) is 8.08. The molecule has 0 aromatic rings. The number of rotatable bonds is 4. The molecule has 4 saturated heterocycles. The molecule has 21 heteroatoms. The van der Waals surface area contributed by atoms with Crippen LogP contribution in [0.2, 0.25) is 0 Å². The summed E-state index contributed by atoms with van der Waals surface area (Å²) in [6.45, 7) is 14.4. The molecule has 0 atom stereocenters. The second kappa shape index (κ2) is 27.1. The maximum Gasteiger partial charge on any atom is 4.00 e. The Labute approximate surface area is 301 Å². The molecule has 0 saturated carbocycles. The maximum absolute atomic E-state index is 5.03. The molecule has 4 rings (SSSR count). The van der Waals surface area contributed by atoms with Crippen LogP contribution in [-0.2, 0) is 90.9 Å². The SMILES string of the molecule is S=C([S-])ON1CCNCC1.S=C([S-])ON1CCNCC1.S=C([S-])ON1CCNCC1.S=C([S-])ON1CCNCC1.[Mo+4]. The Balaban J connectivity index is 0.000000516. The predicted octanol–water partition coefficient (Wildman–Crippen LogP) is -1.38. The van der Waals surface area contributed by atoms with E-state index in [9.17, 15) is 0 Å². The first-order valence-corrected chi connectivity index (χ1v) is 15.8. The van der Waals surface area contributed by atoms with Gasteiger partial charge in [0.1, 0.15) is 0 Å². The molecular formula is C20H36MoN8O4S8. The van der Waals surface area contributed by atoms with Crippen molar-refractivity contribution in [3.63, 3.8) is 0 Å². The van der Waals surface area contributed by atoms with Crippen molar-refractivity contribution in [2.24, 2.45) is 0 Å². The van der Waals surface area contributed by atoms with E-state index in [2.05, 4.69) is 121 Å². The Morgan fingerprint density at radius 1 is 0.390 bits per heavy atom. The maximum atomic E-state index is 5.03. The first-order chi connectivity index (χ1) is 19.2.